The Kier molecular flexibility index (Phi) is 4.15. The minimum atomic E-state index is -0.592. The lowest BCUT2D eigenvalue weighted by molar-refractivity contribution is -0.114. The van der Waals surface area contributed by atoms with Gasteiger partial charge in [-0.05, 0) is 24.3 Å². The first-order valence-corrected chi connectivity index (χ1v) is 8.42. The van der Waals surface area contributed by atoms with Crippen LogP contribution < -0.4 is 10.6 Å². The molecule has 8 heteroatoms. The summed E-state index contributed by atoms with van der Waals surface area (Å²) < 4.78 is 13.3. The van der Waals surface area contributed by atoms with E-state index in [1.54, 1.807) is 24.4 Å². The van der Waals surface area contributed by atoms with Crippen molar-refractivity contribution in [3.05, 3.63) is 53.9 Å². The number of nitrogens with zero attached hydrogens (tertiary/aromatic N) is 2. The van der Waals surface area contributed by atoms with Gasteiger partial charge in [-0.1, -0.05) is 0 Å². The van der Waals surface area contributed by atoms with Gasteiger partial charge in [-0.25, -0.2) is 9.97 Å². The Morgan fingerprint density at radius 2 is 2.04 bits per heavy atom. The summed E-state index contributed by atoms with van der Waals surface area (Å²) in [7, 11) is 0. The molecule has 0 atom stereocenters. The summed E-state index contributed by atoms with van der Waals surface area (Å²) in [6.07, 6.45) is 3.64. The molecule has 3 aromatic heterocycles. The fourth-order valence-electron chi connectivity index (χ4n) is 3.24. The third-order valence-electron chi connectivity index (χ3n) is 4.33. The number of hydrogen-bond donors (Lipinski definition) is 3. The maximum absolute atomic E-state index is 13.3. The lowest BCUT2D eigenvalue weighted by Crippen LogP contribution is -2.31. The second-order valence-corrected chi connectivity index (χ2v) is 6.21. The third kappa shape index (κ3) is 3.17. The molecule has 4 rings (SSSR count). The van der Waals surface area contributed by atoms with Crippen LogP contribution in [0.15, 0.2) is 36.7 Å². The molecule has 0 spiro atoms. The molecule has 1 aliphatic heterocycles. The van der Waals surface area contributed by atoms with E-state index in [-0.39, 0.29) is 11.8 Å². The van der Waals surface area contributed by atoms with Crippen LogP contribution in [0.3, 0.4) is 0 Å². The van der Waals surface area contributed by atoms with Crippen molar-refractivity contribution in [2.75, 3.05) is 11.9 Å². The van der Waals surface area contributed by atoms with Crippen LogP contribution >= 0.6 is 0 Å². The molecule has 1 aliphatic rings. The second kappa shape index (κ2) is 6.64. The summed E-state index contributed by atoms with van der Waals surface area (Å²) in [5.41, 5.74) is 4.05. The first-order chi connectivity index (χ1) is 13.0. The van der Waals surface area contributed by atoms with Crippen molar-refractivity contribution >= 4 is 17.6 Å². The van der Waals surface area contributed by atoms with Crippen LogP contribution in [0.25, 0.3) is 22.4 Å². The van der Waals surface area contributed by atoms with Gasteiger partial charge in [0.1, 0.15) is 5.82 Å². The molecule has 3 aromatic rings. The number of aromatic amines is 1. The zero-order chi connectivity index (χ0) is 19.0. The Balaban J connectivity index is 1.92. The summed E-state index contributed by atoms with van der Waals surface area (Å²) in [5, 5.41) is 5.49. The predicted molar refractivity (Wildman–Crippen MR) is 97.6 cm³/mol. The lowest BCUT2D eigenvalue weighted by atomic mass is 9.96. The van der Waals surface area contributed by atoms with E-state index in [0.29, 0.717) is 41.2 Å². The number of aromatic nitrogens is 3. The number of carbonyl (C=O) groups excluding carboxylic acids is 2. The standard InChI is InChI=1S/C19H16FN5O2/c1-10(26)24-15-8-11(4-6-21-15)18-16(12-2-3-14(20)23-9-12)17-13(25-18)5-7-22-19(17)27/h2-4,6,8-9,25H,5,7H2,1H3,(H,22,27)(H,21,24,26). The number of halogens is 1. The zero-order valence-electron chi connectivity index (χ0n) is 14.5. The van der Waals surface area contributed by atoms with Crippen LogP contribution in [-0.2, 0) is 11.2 Å². The van der Waals surface area contributed by atoms with Gasteiger partial charge in [0.25, 0.3) is 5.91 Å². The van der Waals surface area contributed by atoms with Crippen molar-refractivity contribution in [2.24, 2.45) is 0 Å². The highest BCUT2D eigenvalue weighted by Gasteiger charge is 2.27. The number of carbonyl (C=O) groups is 2. The molecule has 0 unspecified atom stereocenters. The van der Waals surface area contributed by atoms with E-state index in [9.17, 15) is 14.0 Å². The number of fused-ring (bicyclic) bond motifs is 1. The lowest BCUT2D eigenvalue weighted by Gasteiger charge is -2.14. The molecule has 136 valence electrons. The SMILES string of the molecule is CC(=O)Nc1cc(-c2[nH]c3c(c2-c2ccc(F)nc2)C(=O)NCC3)ccn1. The molecule has 0 saturated carbocycles. The highest BCUT2D eigenvalue weighted by Crippen LogP contribution is 2.38. The van der Waals surface area contributed by atoms with Gasteiger partial charge in [-0.2, -0.15) is 4.39 Å². The van der Waals surface area contributed by atoms with Crippen molar-refractivity contribution in [3.8, 4) is 22.4 Å². The van der Waals surface area contributed by atoms with E-state index in [2.05, 4.69) is 25.6 Å². The largest absolute Gasteiger partial charge is 0.357 e. The topological polar surface area (TPSA) is 99.8 Å². The third-order valence-corrected chi connectivity index (χ3v) is 4.33. The molecule has 0 saturated heterocycles. The molecule has 0 fully saturated rings. The summed E-state index contributed by atoms with van der Waals surface area (Å²) in [6.45, 7) is 1.95. The fourth-order valence-corrected chi connectivity index (χ4v) is 3.24. The van der Waals surface area contributed by atoms with E-state index in [1.807, 2.05) is 0 Å². The number of H-pyrrole nitrogens is 1. The van der Waals surface area contributed by atoms with E-state index < -0.39 is 5.95 Å². The first-order valence-electron chi connectivity index (χ1n) is 8.42. The Bertz CT molecular complexity index is 1040. The summed E-state index contributed by atoms with van der Waals surface area (Å²) >= 11 is 0. The van der Waals surface area contributed by atoms with Crippen LogP contribution in [0.4, 0.5) is 10.2 Å². The van der Waals surface area contributed by atoms with Gasteiger partial charge in [-0.3, -0.25) is 9.59 Å². The van der Waals surface area contributed by atoms with Crippen LogP contribution in [0.2, 0.25) is 0 Å². The molecule has 0 bridgehead atoms. The van der Waals surface area contributed by atoms with E-state index in [1.165, 1.54) is 19.2 Å². The van der Waals surface area contributed by atoms with E-state index >= 15 is 0 Å². The monoisotopic (exact) mass is 365 g/mol. The molecule has 3 N–H and O–H groups in total. The molecule has 4 heterocycles. The maximum Gasteiger partial charge on any atom is 0.253 e. The minimum Gasteiger partial charge on any atom is -0.357 e. The summed E-state index contributed by atoms with van der Waals surface area (Å²) in [4.78, 5) is 35.0. The molecule has 7 nitrogen and oxygen atoms in total. The quantitative estimate of drug-likeness (QED) is 0.621. The van der Waals surface area contributed by atoms with Crippen molar-refractivity contribution < 1.29 is 14.0 Å². The molecule has 0 radical (unpaired) electrons. The van der Waals surface area contributed by atoms with Gasteiger partial charge < -0.3 is 15.6 Å². The fraction of sp³-hybridized carbons (Fsp3) is 0.158. The minimum absolute atomic E-state index is 0.186. The van der Waals surface area contributed by atoms with Crippen LogP contribution in [0, 0.1) is 5.95 Å². The highest BCUT2D eigenvalue weighted by atomic mass is 19.1. The average Bonchev–Trinajstić information content (AvgIpc) is 3.03. The summed E-state index contributed by atoms with van der Waals surface area (Å²) in [6, 6.07) is 6.35. The van der Waals surface area contributed by atoms with Gasteiger partial charge in [0, 0.05) is 54.7 Å². The Morgan fingerprint density at radius 3 is 2.78 bits per heavy atom. The van der Waals surface area contributed by atoms with Crippen molar-refractivity contribution in [1.29, 1.82) is 0 Å². The van der Waals surface area contributed by atoms with Crippen LogP contribution in [0.1, 0.15) is 23.0 Å². The van der Waals surface area contributed by atoms with Crippen molar-refractivity contribution in [1.82, 2.24) is 20.3 Å². The highest BCUT2D eigenvalue weighted by molar-refractivity contribution is 6.06. The van der Waals surface area contributed by atoms with Crippen LogP contribution in [0.5, 0.6) is 0 Å². The first kappa shape index (κ1) is 16.9. The van der Waals surface area contributed by atoms with Gasteiger partial charge >= 0.3 is 0 Å². The van der Waals surface area contributed by atoms with Gasteiger partial charge in [0.15, 0.2) is 0 Å². The number of amides is 2. The summed E-state index contributed by atoms with van der Waals surface area (Å²) in [5.74, 6) is -0.604. The van der Waals surface area contributed by atoms with E-state index in [4.69, 9.17) is 0 Å². The predicted octanol–water partition coefficient (Wildman–Crippen LogP) is 2.52. The number of hydrogen-bond acceptors (Lipinski definition) is 4. The Labute approximate surface area is 154 Å². The normalized spacial score (nSPS) is 13.0. The molecule has 27 heavy (non-hydrogen) atoms. The number of rotatable bonds is 3. The van der Waals surface area contributed by atoms with Gasteiger partial charge in [0.2, 0.25) is 11.9 Å². The zero-order valence-corrected chi connectivity index (χ0v) is 14.5. The molecule has 2 amide bonds. The van der Waals surface area contributed by atoms with Crippen molar-refractivity contribution in [2.45, 2.75) is 13.3 Å². The number of nitrogens with one attached hydrogen (secondary N) is 3. The van der Waals surface area contributed by atoms with Gasteiger partial charge in [0.05, 0.1) is 11.3 Å². The Morgan fingerprint density at radius 1 is 1.19 bits per heavy atom. The molecular weight excluding hydrogens is 349 g/mol. The number of anilines is 1. The van der Waals surface area contributed by atoms with Crippen LogP contribution in [-0.4, -0.2) is 33.3 Å². The number of pyridine rings is 2. The second-order valence-electron chi connectivity index (χ2n) is 6.21. The van der Waals surface area contributed by atoms with E-state index in [0.717, 1.165) is 11.3 Å². The molecule has 0 aliphatic carbocycles. The maximum atomic E-state index is 13.3. The average molecular weight is 365 g/mol. The molecular formula is C19H16FN5O2. The van der Waals surface area contributed by atoms with Crippen molar-refractivity contribution in [3.63, 3.8) is 0 Å². The van der Waals surface area contributed by atoms with Gasteiger partial charge in [-0.15, -0.1) is 0 Å². The smallest absolute Gasteiger partial charge is 0.253 e. The Hall–Kier alpha value is -3.55. The molecule has 0 aromatic carbocycles.